The number of anilines is 1. The van der Waals surface area contributed by atoms with Gasteiger partial charge in [-0.3, -0.25) is 0 Å². The fraction of sp³-hybridized carbons (Fsp3) is 0.688. The maximum Gasteiger partial charge on any atom is 0.129 e. The minimum absolute atomic E-state index is 0.444. The first-order valence-corrected chi connectivity index (χ1v) is 7.88. The predicted octanol–water partition coefficient (Wildman–Crippen LogP) is 4.57. The van der Waals surface area contributed by atoms with E-state index in [4.69, 9.17) is 16.6 Å². The Morgan fingerprint density at radius 3 is 2.68 bits per heavy atom. The van der Waals surface area contributed by atoms with Crippen molar-refractivity contribution >= 4 is 17.4 Å². The Bertz CT molecular complexity index is 431. The largest absolute Gasteiger partial charge is 0.354 e. The van der Waals surface area contributed by atoms with Crippen molar-refractivity contribution in [3.8, 4) is 0 Å². The summed E-state index contributed by atoms with van der Waals surface area (Å²) < 4.78 is 0. The first kappa shape index (κ1) is 14.6. The van der Waals surface area contributed by atoms with Gasteiger partial charge in [0.05, 0.1) is 0 Å². The molecule has 19 heavy (non-hydrogen) atoms. The molecular weight excluding hydrogens is 256 g/mol. The molecule has 3 heteroatoms. The van der Waals surface area contributed by atoms with Crippen molar-refractivity contribution in [2.45, 2.75) is 58.4 Å². The van der Waals surface area contributed by atoms with E-state index in [-0.39, 0.29) is 0 Å². The highest BCUT2D eigenvalue weighted by Gasteiger charge is 2.24. The highest BCUT2D eigenvalue weighted by Crippen LogP contribution is 2.28. The van der Waals surface area contributed by atoms with Gasteiger partial charge in [-0.25, -0.2) is 4.98 Å². The number of hydrogen-bond donors (Lipinski definition) is 0. The standard InChI is InChI=1S/C16H25ClN2/c1-11(2)15-7-14(9-17)8-16(18-15)19-10-12(3)5-6-13(19)4/h7-8,11-13H,5-6,9-10H2,1-4H3. The quantitative estimate of drug-likeness (QED) is 0.754. The molecule has 1 aliphatic heterocycles. The molecule has 106 valence electrons. The summed E-state index contributed by atoms with van der Waals surface area (Å²) in [5.74, 6) is 2.87. The van der Waals surface area contributed by atoms with Crippen molar-refractivity contribution in [1.29, 1.82) is 0 Å². The van der Waals surface area contributed by atoms with E-state index in [9.17, 15) is 0 Å². The van der Waals surface area contributed by atoms with E-state index in [1.807, 2.05) is 0 Å². The highest BCUT2D eigenvalue weighted by atomic mass is 35.5. The lowest BCUT2D eigenvalue weighted by Crippen LogP contribution is -2.41. The number of rotatable bonds is 3. The molecule has 0 bridgehead atoms. The average molecular weight is 281 g/mol. The molecule has 2 rings (SSSR count). The van der Waals surface area contributed by atoms with Crippen LogP contribution < -0.4 is 4.90 Å². The van der Waals surface area contributed by atoms with E-state index in [2.05, 4.69) is 44.7 Å². The van der Waals surface area contributed by atoms with Gasteiger partial charge in [-0.1, -0.05) is 20.8 Å². The normalized spacial score (nSPS) is 24.0. The fourth-order valence-electron chi connectivity index (χ4n) is 2.72. The second-order valence-corrected chi connectivity index (χ2v) is 6.50. The van der Waals surface area contributed by atoms with Gasteiger partial charge < -0.3 is 4.90 Å². The summed E-state index contributed by atoms with van der Waals surface area (Å²) in [4.78, 5) is 7.31. The molecule has 2 nitrogen and oxygen atoms in total. The molecule has 0 aliphatic carbocycles. The zero-order valence-corrected chi connectivity index (χ0v) is 13.2. The van der Waals surface area contributed by atoms with Gasteiger partial charge in [0.2, 0.25) is 0 Å². The molecule has 2 unspecified atom stereocenters. The summed E-state index contributed by atoms with van der Waals surface area (Å²) in [6.07, 6.45) is 2.58. The number of nitrogens with zero attached hydrogens (tertiary/aromatic N) is 2. The number of hydrogen-bond acceptors (Lipinski definition) is 2. The van der Waals surface area contributed by atoms with Gasteiger partial charge in [0.1, 0.15) is 5.82 Å². The van der Waals surface area contributed by atoms with E-state index in [0.717, 1.165) is 24.0 Å². The molecule has 1 fully saturated rings. The summed E-state index contributed by atoms with van der Waals surface area (Å²) in [6.45, 7) is 10.1. The van der Waals surface area contributed by atoms with Gasteiger partial charge >= 0.3 is 0 Å². The molecular formula is C16H25ClN2. The molecule has 0 amide bonds. The topological polar surface area (TPSA) is 16.1 Å². The van der Waals surface area contributed by atoms with Crippen molar-refractivity contribution in [2.75, 3.05) is 11.4 Å². The highest BCUT2D eigenvalue weighted by molar-refractivity contribution is 6.17. The summed E-state index contributed by atoms with van der Waals surface area (Å²) in [6, 6.07) is 4.88. The first-order valence-electron chi connectivity index (χ1n) is 7.34. The third-order valence-electron chi connectivity index (χ3n) is 4.05. The summed E-state index contributed by atoms with van der Waals surface area (Å²) in [5.41, 5.74) is 2.33. The van der Waals surface area contributed by atoms with Crippen LogP contribution in [0.5, 0.6) is 0 Å². The van der Waals surface area contributed by atoms with Crippen LogP contribution in [-0.4, -0.2) is 17.6 Å². The lowest BCUT2D eigenvalue weighted by atomic mass is 9.95. The van der Waals surface area contributed by atoms with Crippen molar-refractivity contribution < 1.29 is 0 Å². The van der Waals surface area contributed by atoms with Crippen LogP contribution in [0.4, 0.5) is 5.82 Å². The van der Waals surface area contributed by atoms with Crippen LogP contribution >= 0.6 is 11.6 Å². The average Bonchev–Trinajstić information content (AvgIpc) is 2.40. The molecule has 0 saturated carbocycles. The van der Waals surface area contributed by atoms with Crippen LogP contribution in [-0.2, 0) is 5.88 Å². The number of piperidine rings is 1. The Labute approximate surface area is 122 Å². The smallest absolute Gasteiger partial charge is 0.129 e. The Kier molecular flexibility index (Phi) is 4.72. The van der Waals surface area contributed by atoms with Gasteiger partial charge in [0, 0.05) is 24.2 Å². The molecule has 2 atom stereocenters. The lowest BCUT2D eigenvalue weighted by Gasteiger charge is -2.38. The van der Waals surface area contributed by atoms with Crippen LogP contribution in [0.25, 0.3) is 0 Å². The number of pyridine rings is 1. The monoisotopic (exact) mass is 280 g/mol. The molecule has 1 aliphatic rings. The van der Waals surface area contributed by atoms with Gasteiger partial charge in [0.15, 0.2) is 0 Å². The SMILES string of the molecule is CC1CCC(C)N(c2cc(CCl)cc(C(C)C)n2)C1. The van der Waals surface area contributed by atoms with Gasteiger partial charge in [-0.2, -0.15) is 0 Å². The van der Waals surface area contributed by atoms with Crippen molar-refractivity contribution in [1.82, 2.24) is 4.98 Å². The zero-order chi connectivity index (χ0) is 14.0. The van der Waals surface area contributed by atoms with Gasteiger partial charge in [0.25, 0.3) is 0 Å². The van der Waals surface area contributed by atoms with Gasteiger partial charge in [-0.15, -0.1) is 11.6 Å². The number of halogens is 1. The second kappa shape index (κ2) is 6.13. The number of aromatic nitrogens is 1. The molecule has 1 saturated heterocycles. The molecule has 1 aromatic rings. The molecule has 2 heterocycles. The maximum absolute atomic E-state index is 6.03. The van der Waals surface area contributed by atoms with Gasteiger partial charge in [-0.05, 0) is 49.3 Å². The molecule has 1 aromatic heterocycles. The summed E-state index contributed by atoms with van der Waals surface area (Å²) in [5, 5.41) is 0. The first-order chi connectivity index (χ1) is 9.01. The summed E-state index contributed by atoms with van der Waals surface area (Å²) >= 11 is 6.03. The Morgan fingerprint density at radius 1 is 1.32 bits per heavy atom. The third-order valence-corrected chi connectivity index (χ3v) is 4.36. The van der Waals surface area contributed by atoms with Crippen LogP contribution in [0.2, 0.25) is 0 Å². The Balaban J connectivity index is 2.34. The van der Waals surface area contributed by atoms with E-state index < -0.39 is 0 Å². The predicted molar refractivity (Wildman–Crippen MR) is 83.1 cm³/mol. The molecule has 0 radical (unpaired) electrons. The molecule has 0 aromatic carbocycles. The van der Waals surface area contributed by atoms with Crippen LogP contribution in [0.1, 0.15) is 57.7 Å². The van der Waals surface area contributed by atoms with Crippen LogP contribution in [0.15, 0.2) is 12.1 Å². The number of alkyl halides is 1. The minimum atomic E-state index is 0.444. The van der Waals surface area contributed by atoms with Crippen molar-refractivity contribution in [2.24, 2.45) is 5.92 Å². The third kappa shape index (κ3) is 3.42. The van der Waals surface area contributed by atoms with Crippen LogP contribution in [0.3, 0.4) is 0 Å². The molecule has 0 spiro atoms. The summed E-state index contributed by atoms with van der Waals surface area (Å²) in [7, 11) is 0. The zero-order valence-electron chi connectivity index (χ0n) is 12.5. The van der Waals surface area contributed by atoms with E-state index in [1.165, 1.54) is 18.4 Å². The lowest BCUT2D eigenvalue weighted by molar-refractivity contribution is 0.388. The van der Waals surface area contributed by atoms with E-state index in [0.29, 0.717) is 17.8 Å². The maximum atomic E-state index is 6.03. The molecule has 0 N–H and O–H groups in total. The van der Waals surface area contributed by atoms with Crippen molar-refractivity contribution in [3.63, 3.8) is 0 Å². The second-order valence-electron chi connectivity index (χ2n) is 6.23. The Morgan fingerprint density at radius 2 is 2.05 bits per heavy atom. The fourth-order valence-corrected chi connectivity index (χ4v) is 2.88. The Hall–Kier alpha value is -0.760. The van der Waals surface area contributed by atoms with Crippen LogP contribution in [0, 0.1) is 5.92 Å². The minimum Gasteiger partial charge on any atom is -0.354 e. The van der Waals surface area contributed by atoms with E-state index in [1.54, 1.807) is 0 Å². The van der Waals surface area contributed by atoms with Crippen molar-refractivity contribution in [3.05, 3.63) is 23.4 Å². The van der Waals surface area contributed by atoms with E-state index >= 15 is 0 Å².